The molecule has 1 aliphatic carbocycles. The van der Waals surface area contributed by atoms with Gasteiger partial charge < -0.3 is 5.11 Å². The van der Waals surface area contributed by atoms with Gasteiger partial charge in [0.1, 0.15) is 10.4 Å². The second-order valence-corrected chi connectivity index (χ2v) is 8.19. The Kier molecular flexibility index (Phi) is 6.47. The maximum Gasteiger partial charge on any atom is 0.320 e. The van der Waals surface area contributed by atoms with E-state index in [1.807, 2.05) is 18.2 Å². The smallest absolute Gasteiger partial charge is 0.320 e. The Morgan fingerprint density at radius 1 is 1.11 bits per heavy atom. The van der Waals surface area contributed by atoms with Crippen molar-refractivity contribution in [2.45, 2.75) is 56.9 Å². The first-order chi connectivity index (χ1) is 13.4. The van der Waals surface area contributed by atoms with E-state index in [9.17, 15) is 9.90 Å². The molecular weight excluding hydrogens is 368 g/mol. The van der Waals surface area contributed by atoms with Gasteiger partial charge in [0.2, 0.25) is 0 Å². The number of nitrogens with zero attached hydrogens (tertiary/aromatic N) is 1. The van der Waals surface area contributed by atoms with Crippen molar-refractivity contribution in [1.29, 1.82) is 0 Å². The van der Waals surface area contributed by atoms with E-state index in [4.69, 9.17) is 18.1 Å². The number of carboxylic acid groups (broad SMARTS) is 1. The minimum absolute atomic E-state index is 0.197. The van der Waals surface area contributed by atoms with Gasteiger partial charge in [-0.05, 0) is 42.4 Å². The molecule has 0 radical (unpaired) electrons. The van der Waals surface area contributed by atoms with Crippen LogP contribution in [-0.4, -0.2) is 21.1 Å². The van der Waals surface area contributed by atoms with Crippen molar-refractivity contribution < 1.29 is 9.90 Å². The molecule has 2 aromatic rings. The maximum absolute atomic E-state index is 12.1. The molecule has 4 nitrogen and oxygen atoms in total. The van der Waals surface area contributed by atoms with Crippen LogP contribution in [0.5, 0.6) is 0 Å². The van der Waals surface area contributed by atoms with Gasteiger partial charge in [-0.2, -0.15) is 0 Å². The summed E-state index contributed by atoms with van der Waals surface area (Å²) >= 11 is 5.52. The third kappa shape index (κ3) is 4.26. The van der Waals surface area contributed by atoms with E-state index >= 15 is 0 Å². The first kappa shape index (κ1) is 20.5. The molecule has 0 heterocycles. The van der Waals surface area contributed by atoms with E-state index in [0.717, 1.165) is 5.56 Å². The topological polar surface area (TPSA) is 66.6 Å². The molecule has 1 saturated carbocycles. The second-order valence-electron chi connectivity index (χ2n) is 7.81. The van der Waals surface area contributed by atoms with Crippen LogP contribution in [0, 0.1) is 0 Å². The predicted octanol–water partition coefficient (Wildman–Crippen LogP) is 4.78. The molecule has 148 valence electrons. The number of carbonyl (C=O) groups is 1. The number of hydrogen-bond donors (Lipinski definition) is 2. The van der Waals surface area contributed by atoms with Crippen LogP contribution in [0.25, 0.3) is 0 Å². The summed E-state index contributed by atoms with van der Waals surface area (Å²) in [6, 6.07) is 17.5. The Bertz CT molecular complexity index is 816. The fourth-order valence-corrected chi connectivity index (χ4v) is 4.27. The number of carboxylic acids is 1. The normalized spacial score (nSPS) is 16.9. The molecular formula is C23H28N2O2S. The third-order valence-electron chi connectivity index (χ3n) is 5.88. The number of rotatable bonds is 6. The average molecular weight is 397 g/mol. The van der Waals surface area contributed by atoms with Crippen LogP contribution in [0.4, 0.5) is 0 Å². The van der Waals surface area contributed by atoms with Gasteiger partial charge >= 0.3 is 5.97 Å². The third-order valence-corrected chi connectivity index (χ3v) is 6.52. The largest absolute Gasteiger partial charge is 0.480 e. The van der Waals surface area contributed by atoms with Gasteiger partial charge in [-0.1, -0.05) is 86.1 Å². The van der Waals surface area contributed by atoms with Crippen LogP contribution < -0.4 is 5.84 Å². The van der Waals surface area contributed by atoms with Crippen molar-refractivity contribution in [2.24, 2.45) is 5.84 Å². The van der Waals surface area contributed by atoms with Crippen molar-refractivity contribution in [3.8, 4) is 0 Å². The zero-order valence-corrected chi connectivity index (χ0v) is 17.1. The Labute approximate surface area is 172 Å². The molecule has 0 aliphatic heterocycles. The number of aliphatic carboxylic acids is 1. The molecule has 28 heavy (non-hydrogen) atoms. The highest BCUT2D eigenvalue weighted by Crippen LogP contribution is 2.33. The first-order valence-corrected chi connectivity index (χ1v) is 10.3. The molecule has 3 rings (SSSR count). The summed E-state index contributed by atoms with van der Waals surface area (Å²) in [5.41, 5.74) is 1.67. The average Bonchev–Trinajstić information content (AvgIpc) is 2.74. The minimum atomic E-state index is -1.35. The lowest BCUT2D eigenvalue weighted by Gasteiger charge is -2.32. The van der Waals surface area contributed by atoms with E-state index in [1.165, 1.54) is 42.7 Å². The van der Waals surface area contributed by atoms with E-state index in [0.29, 0.717) is 18.0 Å². The molecule has 0 spiro atoms. The van der Waals surface area contributed by atoms with E-state index in [-0.39, 0.29) is 4.99 Å². The van der Waals surface area contributed by atoms with Gasteiger partial charge in [-0.15, -0.1) is 0 Å². The molecule has 3 N–H and O–H groups in total. The van der Waals surface area contributed by atoms with Gasteiger partial charge in [0.15, 0.2) is 0 Å². The Morgan fingerprint density at radius 2 is 1.71 bits per heavy atom. The quantitative estimate of drug-likeness (QED) is 0.418. The zero-order chi connectivity index (χ0) is 20.1. The number of benzene rings is 2. The standard InChI is InChI=1S/C23H28N2O2S/c1-23(22(26)27,20-10-6-3-7-11-20)21(28)25(24)16-17-12-14-19(15-13-17)18-8-4-2-5-9-18/h3,6-7,10-15,18H,2,4-5,8-9,16,24H2,1H3,(H,26,27). The van der Waals surface area contributed by atoms with E-state index in [2.05, 4.69) is 24.3 Å². The van der Waals surface area contributed by atoms with Crippen molar-refractivity contribution in [1.82, 2.24) is 5.01 Å². The number of hydrogen-bond acceptors (Lipinski definition) is 3. The number of nitrogens with two attached hydrogens (primary N) is 1. The van der Waals surface area contributed by atoms with Crippen LogP contribution in [0.3, 0.4) is 0 Å². The number of hydrazine groups is 1. The highest BCUT2D eigenvalue weighted by molar-refractivity contribution is 7.80. The number of thiocarbonyl (C=S) groups is 1. The molecule has 1 unspecified atom stereocenters. The Hall–Kier alpha value is -2.24. The molecule has 0 amide bonds. The van der Waals surface area contributed by atoms with Crippen LogP contribution in [-0.2, 0) is 16.8 Å². The highest BCUT2D eigenvalue weighted by atomic mass is 32.1. The lowest BCUT2D eigenvalue weighted by atomic mass is 9.82. The lowest BCUT2D eigenvalue weighted by Crippen LogP contribution is -2.51. The SMILES string of the molecule is CC(C(=O)O)(C(=S)N(N)Cc1ccc(C2CCCCC2)cc1)c1ccccc1. The fourth-order valence-electron chi connectivity index (χ4n) is 4.00. The van der Waals surface area contributed by atoms with Crippen LogP contribution in [0.2, 0.25) is 0 Å². The van der Waals surface area contributed by atoms with Gasteiger partial charge in [-0.25, -0.2) is 5.84 Å². The van der Waals surface area contributed by atoms with Gasteiger partial charge in [0, 0.05) is 0 Å². The van der Waals surface area contributed by atoms with Crippen LogP contribution >= 0.6 is 12.2 Å². The summed E-state index contributed by atoms with van der Waals surface area (Å²) in [7, 11) is 0. The minimum Gasteiger partial charge on any atom is -0.480 e. The predicted molar refractivity (Wildman–Crippen MR) is 116 cm³/mol. The highest BCUT2D eigenvalue weighted by Gasteiger charge is 2.41. The van der Waals surface area contributed by atoms with Crippen molar-refractivity contribution in [2.75, 3.05) is 0 Å². The van der Waals surface area contributed by atoms with Crippen molar-refractivity contribution in [3.05, 3.63) is 71.3 Å². The summed E-state index contributed by atoms with van der Waals surface area (Å²) in [4.78, 5) is 12.3. The van der Waals surface area contributed by atoms with Crippen molar-refractivity contribution in [3.63, 3.8) is 0 Å². The molecule has 0 saturated heterocycles. The molecule has 1 fully saturated rings. The Morgan fingerprint density at radius 3 is 2.29 bits per heavy atom. The summed E-state index contributed by atoms with van der Waals surface area (Å²) in [6.07, 6.45) is 6.49. The van der Waals surface area contributed by atoms with E-state index < -0.39 is 11.4 Å². The van der Waals surface area contributed by atoms with Crippen LogP contribution in [0.1, 0.15) is 61.6 Å². The second kappa shape index (κ2) is 8.84. The molecule has 1 atom stereocenters. The molecule has 1 aliphatic rings. The van der Waals surface area contributed by atoms with Crippen LogP contribution in [0.15, 0.2) is 54.6 Å². The lowest BCUT2D eigenvalue weighted by molar-refractivity contribution is -0.140. The summed E-state index contributed by atoms with van der Waals surface area (Å²) in [5, 5.41) is 11.3. The van der Waals surface area contributed by atoms with Gasteiger partial charge in [0.25, 0.3) is 0 Å². The molecule has 2 aromatic carbocycles. The summed E-state index contributed by atoms with van der Waals surface area (Å²) < 4.78 is 0. The first-order valence-electron chi connectivity index (χ1n) is 9.87. The fraction of sp³-hybridized carbons (Fsp3) is 0.391. The molecule has 0 aromatic heterocycles. The van der Waals surface area contributed by atoms with Crippen molar-refractivity contribution >= 4 is 23.2 Å². The van der Waals surface area contributed by atoms with Gasteiger partial charge in [-0.3, -0.25) is 9.80 Å². The Balaban J connectivity index is 1.73. The maximum atomic E-state index is 12.1. The molecule has 5 heteroatoms. The zero-order valence-electron chi connectivity index (χ0n) is 16.3. The monoisotopic (exact) mass is 396 g/mol. The molecule has 0 bridgehead atoms. The summed E-state index contributed by atoms with van der Waals surface area (Å²) in [5.74, 6) is 5.87. The summed E-state index contributed by atoms with van der Waals surface area (Å²) in [6.45, 7) is 1.98. The van der Waals surface area contributed by atoms with Gasteiger partial charge in [0.05, 0.1) is 6.54 Å². The van der Waals surface area contributed by atoms with E-state index in [1.54, 1.807) is 19.1 Å².